The molecule has 6 nitrogen and oxygen atoms in total. The van der Waals surface area contributed by atoms with Crippen LogP contribution in [0.2, 0.25) is 0 Å². The van der Waals surface area contributed by atoms with Crippen molar-refractivity contribution in [3.8, 4) is 0 Å². The van der Waals surface area contributed by atoms with E-state index in [9.17, 15) is 9.18 Å². The molecule has 1 unspecified atom stereocenters. The quantitative estimate of drug-likeness (QED) is 0.544. The van der Waals surface area contributed by atoms with Crippen molar-refractivity contribution in [2.45, 2.75) is 24.8 Å². The van der Waals surface area contributed by atoms with E-state index in [4.69, 9.17) is 9.73 Å². The van der Waals surface area contributed by atoms with Crippen LogP contribution in [0.5, 0.6) is 0 Å². The summed E-state index contributed by atoms with van der Waals surface area (Å²) in [6.45, 7) is 1.31. The lowest BCUT2D eigenvalue weighted by Crippen LogP contribution is -2.43. The average molecular weight is 369 g/mol. The largest absolute Gasteiger partial charge is 0.356 e. The third-order valence-electron chi connectivity index (χ3n) is 5.22. The van der Waals surface area contributed by atoms with Crippen LogP contribution in [-0.4, -0.2) is 34.3 Å². The Morgan fingerprint density at radius 1 is 1.22 bits per heavy atom. The average Bonchev–Trinajstić information content (AvgIpc) is 3.12. The Bertz CT molecular complexity index is 936. The molecule has 0 bridgehead atoms. The molecular weight excluding hydrogens is 349 g/mol. The molecule has 0 spiro atoms. The van der Waals surface area contributed by atoms with Crippen molar-refractivity contribution in [2.75, 3.05) is 13.1 Å². The number of carbonyl (C=O) groups excluding carboxylic acids is 1. The highest BCUT2D eigenvalue weighted by molar-refractivity contribution is 5.82. The maximum Gasteiger partial charge on any atom is 0.265 e. The highest BCUT2D eigenvalue weighted by Gasteiger charge is 2.32. The Kier molecular flexibility index (Phi) is 4.87. The first-order chi connectivity index (χ1) is 13.2. The number of piperidine rings is 1. The predicted molar refractivity (Wildman–Crippen MR) is 96.6 cm³/mol. The molecule has 140 valence electrons. The van der Waals surface area contributed by atoms with Gasteiger partial charge in [0.15, 0.2) is 5.58 Å². The Hall–Kier alpha value is -2.77. The fourth-order valence-corrected chi connectivity index (χ4v) is 3.88. The summed E-state index contributed by atoms with van der Waals surface area (Å²) < 4.78 is 18.9. The molecule has 7 heteroatoms. The minimum absolute atomic E-state index is 0.137. The summed E-state index contributed by atoms with van der Waals surface area (Å²) in [5.74, 6) is -0.625. The molecule has 0 saturated carbocycles. The zero-order valence-corrected chi connectivity index (χ0v) is 14.6. The van der Waals surface area contributed by atoms with Crippen molar-refractivity contribution in [3.63, 3.8) is 0 Å². The summed E-state index contributed by atoms with van der Waals surface area (Å²) in [7, 11) is 0. The monoisotopic (exact) mass is 369 g/mol. The van der Waals surface area contributed by atoms with E-state index in [1.165, 1.54) is 12.1 Å². The number of hydrogen-bond donors (Lipinski definition) is 2. The Morgan fingerprint density at radius 2 is 1.96 bits per heavy atom. The lowest BCUT2D eigenvalue weighted by Gasteiger charge is -2.36. The summed E-state index contributed by atoms with van der Waals surface area (Å²) in [4.78, 5) is 14.3. The van der Waals surface area contributed by atoms with Gasteiger partial charge < -0.3 is 4.52 Å². The molecule has 0 radical (unpaired) electrons. The van der Waals surface area contributed by atoms with Gasteiger partial charge in [-0.25, -0.2) is 9.87 Å². The summed E-state index contributed by atoms with van der Waals surface area (Å²) >= 11 is 0. The minimum atomic E-state index is -0.552. The molecule has 1 aromatic heterocycles. The number of hydroxylamine groups is 1. The number of nitrogens with zero attached hydrogens (tertiary/aromatic N) is 2. The topological polar surface area (TPSA) is 78.6 Å². The van der Waals surface area contributed by atoms with Gasteiger partial charge in [-0.05, 0) is 49.7 Å². The second-order valence-corrected chi connectivity index (χ2v) is 6.81. The third-order valence-corrected chi connectivity index (χ3v) is 5.22. The van der Waals surface area contributed by atoms with Crippen LogP contribution in [0.1, 0.15) is 36.1 Å². The molecule has 1 atom stereocenters. The summed E-state index contributed by atoms with van der Waals surface area (Å²) in [6.07, 6.45) is 1.53. The molecule has 1 fully saturated rings. The van der Waals surface area contributed by atoms with Gasteiger partial charge in [-0.1, -0.05) is 35.5 Å². The first kappa shape index (κ1) is 17.6. The molecule has 4 rings (SSSR count). The van der Waals surface area contributed by atoms with Gasteiger partial charge in [0.05, 0.1) is 5.69 Å². The number of rotatable bonds is 4. The van der Waals surface area contributed by atoms with E-state index in [0.29, 0.717) is 24.1 Å². The second-order valence-electron chi connectivity index (χ2n) is 6.81. The number of hydrogen-bond acceptors (Lipinski definition) is 5. The number of fused-ring (bicyclic) bond motifs is 1. The van der Waals surface area contributed by atoms with Crippen LogP contribution in [0.3, 0.4) is 0 Å². The smallest absolute Gasteiger partial charge is 0.265 e. The van der Waals surface area contributed by atoms with Crippen LogP contribution >= 0.6 is 0 Å². The van der Waals surface area contributed by atoms with E-state index in [1.807, 2.05) is 35.2 Å². The molecule has 1 aliphatic rings. The Balaban J connectivity index is 1.53. The molecule has 1 amide bonds. The fourth-order valence-electron chi connectivity index (χ4n) is 3.88. The van der Waals surface area contributed by atoms with E-state index in [2.05, 4.69) is 5.16 Å². The molecule has 27 heavy (non-hydrogen) atoms. The molecule has 1 saturated heterocycles. The van der Waals surface area contributed by atoms with Crippen molar-refractivity contribution in [3.05, 3.63) is 65.6 Å². The van der Waals surface area contributed by atoms with Crippen LogP contribution in [0.4, 0.5) is 4.39 Å². The van der Waals surface area contributed by atoms with Crippen LogP contribution in [0, 0.1) is 5.82 Å². The van der Waals surface area contributed by atoms with Crippen LogP contribution < -0.4 is 5.48 Å². The van der Waals surface area contributed by atoms with Gasteiger partial charge in [0.2, 0.25) is 0 Å². The number of halogens is 1. The first-order valence-corrected chi connectivity index (χ1v) is 8.95. The minimum Gasteiger partial charge on any atom is -0.356 e. The van der Waals surface area contributed by atoms with E-state index in [1.54, 1.807) is 11.5 Å². The molecular formula is C20H20FN3O3. The Labute approximate surface area is 155 Å². The summed E-state index contributed by atoms with van der Waals surface area (Å²) in [5, 5.41) is 14.0. The number of nitrogens with one attached hydrogen (secondary N) is 1. The standard InChI is InChI=1S/C20H20FN3O3/c21-15-6-7-17-16(12-15)18(23-27-17)13-8-10-24(11-9-13)19(20(25)22-26)14-4-2-1-3-5-14/h1-7,12-13,19,26H,8-11H2,(H,22,25). The lowest BCUT2D eigenvalue weighted by atomic mass is 9.90. The molecule has 1 aliphatic heterocycles. The van der Waals surface area contributed by atoms with E-state index in [0.717, 1.165) is 24.1 Å². The third kappa shape index (κ3) is 3.43. The molecule has 2 N–H and O–H groups in total. The first-order valence-electron chi connectivity index (χ1n) is 8.95. The summed E-state index contributed by atoms with van der Waals surface area (Å²) in [5.41, 5.74) is 3.96. The number of aromatic nitrogens is 1. The maximum absolute atomic E-state index is 13.6. The van der Waals surface area contributed by atoms with E-state index >= 15 is 0 Å². The van der Waals surface area contributed by atoms with E-state index in [-0.39, 0.29) is 11.7 Å². The fraction of sp³-hybridized carbons (Fsp3) is 0.300. The zero-order chi connectivity index (χ0) is 18.8. The van der Waals surface area contributed by atoms with Crippen LogP contribution in [-0.2, 0) is 4.79 Å². The summed E-state index contributed by atoms with van der Waals surface area (Å²) in [6, 6.07) is 13.2. The number of amides is 1. The normalized spacial score (nSPS) is 17.1. The maximum atomic E-state index is 13.6. The van der Waals surface area contributed by atoms with Crippen molar-refractivity contribution in [1.82, 2.24) is 15.5 Å². The number of benzene rings is 2. The van der Waals surface area contributed by atoms with Gasteiger partial charge in [-0.2, -0.15) is 0 Å². The predicted octanol–water partition coefficient (Wildman–Crippen LogP) is 3.39. The van der Waals surface area contributed by atoms with E-state index < -0.39 is 11.9 Å². The lowest BCUT2D eigenvalue weighted by molar-refractivity contribution is -0.135. The van der Waals surface area contributed by atoms with Gasteiger partial charge in [0.1, 0.15) is 11.9 Å². The molecule has 2 aromatic carbocycles. The van der Waals surface area contributed by atoms with Crippen LogP contribution in [0.25, 0.3) is 11.0 Å². The van der Waals surface area contributed by atoms with Gasteiger partial charge >= 0.3 is 0 Å². The second kappa shape index (κ2) is 7.46. The zero-order valence-electron chi connectivity index (χ0n) is 14.6. The SMILES string of the molecule is O=C(NO)C(c1ccccc1)N1CCC(c2noc3ccc(F)cc23)CC1. The number of carbonyl (C=O) groups is 1. The van der Waals surface area contributed by atoms with Gasteiger partial charge in [0.25, 0.3) is 5.91 Å². The van der Waals surface area contributed by atoms with Crippen LogP contribution in [0.15, 0.2) is 53.1 Å². The highest BCUT2D eigenvalue weighted by atomic mass is 19.1. The van der Waals surface area contributed by atoms with Gasteiger partial charge in [0, 0.05) is 11.3 Å². The highest BCUT2D eigenvalue weighted by Crippen LogP contribution is 2.35. The molecule has 3 aromatic rings. The van der Waals surface area contributed by atoms with Crippen molar-refractivity contribution >= 4 is 16.9 Å². The van der Waals surface area contributed by atoms with Crippen molar-refractivity contribution < 1.29 is 18.9 Å². The molecule has 0 aliphatic carbocycles. The van der Waals surface area contributed by atoms with Crippen molar-refractivity contribution in [1.29, 1.82) is 0 Å². The van der Waals surface area contributed by atoms with Gasteiger partial charge in [-0.3, -0.25) is 14.9 Å². The molecule has 2 heterocycles. The van der Waals surface area contributed by atoms with Crippen molar-refractivity contribution in [2.24, 2.45) is 0 Å². The number of likely N-dealkylation sites (tertiary alicyclic amines) is 1. The van der Waals surface area contributed by atoms with Gasteiger partial charge in [-0.15, -0.1) is 0 Å². The Morgan fingerprint density at radius 3 is 2.67 bits per heavy atom.